The Hall–Kier alpha value is -10.2. The Kier molecular flexibility index (Phi) is 37.2. The second-order valence-corrected chi connectivity index (χ2v) is 29.5. The van der Waals surface area contributed by atoms with Crippen LogP contribution in [0.4, 0.5) is 0 Å². The van der Waals surface area contributed by atoms with Gasteiger partial charge in [0.1, 0.15) is 80.2 Å². The van der Waals surface area contributed by atoms with Gasteiger partial charge in [-0.05, 0) is 190 Å². The number of carbonyl (C=O) groups excluding carboxylic acids is 4. The van der Waals surface area contributed by atoms with E-state index in [1.54, 1.807) is 133 Å². The molecular weight excluding hydrogens is 1540 g/mol. The number of phenolic OH excluding ortho intramolecular Hbond substituents is 1. The number of halogens is 4. The number of amides is 1. The third kappa shape index (κ3) is 29.2. The molecule has 0 bridgehead atoms. The molecule has 2 heterocycles. The van der Waals surface area contributed by atoms with Gasteiger partial charge in [0.2, 0.25) is 11.8 Å². The van der Waals surface area contributed by atoms with Crippen molar-refractivity contribution in [3.63, 3.8) is 0 Å². The van der Waals surface area contributed by atoms with E-state index in [4.69, 9.17) is 81.8 Å². The summed E-state index contributed by atoms with van der Waals surface area (Å²) in [4.78, 5) is 58.7. The van der Waals surface area contributed by atoms with Crippen LogP contribution in [0.25, 0.3) is 44.3 Å². The van der Waals surface area contributed by atoms with Gasteiger partial charge in [-0.1, -0.05) is 34.1 Å². The van der Waals surface area contributed by atoms with Gasteiger partial charge in [0.05, 0.1) is 96.3 Å². The van der Waals surface area contributed by atoms with Crippen molar-refractivity contribution in [2.75, 3.05) is 98.4 Å². The maximum absolute atomic E-state index is 12.7. The largest absolute Gasteiger partial charge is 0.507 e. The Morgan fingerprint density at radius 2 is 0.925 bits per heavy atom. The molecule has 0 spiro atoms. The van der Waals surface area contributed by atoms with Crippen LogP contribution in [0.2, 0.25) is 0 Å². The molecule has 10 rings (SSSR count). The van der Waals surface area contributed by atoms with Gasteiger partial charge in [-0.2, -0.15) is 0 Å². The molecular formula is C76H84BBrCl3N2O23P. The number of rotatable bonds is 20. The van der Waals surface area contributed by atoms with Crippen molar-refractivity contribution in [1.29, 1.82) is 0 Å². The van der Waals surface area contributed by atoms with Gasteiger partial charge in [0.15, 0.2) is 6.29 Å². The number of fused-ring (bicyclic) bond motifs is 2. The van der Waals surface area contributed by atoms with Crippen LogP contribution in [-0.4, -0.2) is 150 Å². The number of nitrogens with two attached hydrogens (primary N) is 1. The molecule has 0 saturated carbocycles. The summed E-state index contributed by atoms with van der Waals surface area (Å²) in [6.45, 7) is 5.34. The van der Waals surface area contributed by atoms with Crippen molar-refractivity contribution >= 4 is 103 Å². The van der Waals surface area contributed by atoms with E-state index in [2.05, 4.69) is 49.7 Å². The monoisotopic (exact) mass is 1620 g/mol. The van der Waals surface area contributed by atoms with Crippen LogP contribution in [0.3, 0.4) is 0 Å². The molecule has 0 radical (unpaired) electrons. The number of ether oxygens (including phenoxy) is 13. The van der Waals surface area contributed by atoms with Gasteiger partial charge >= 0.3 is 29.9 Å². The predicted octanol–water partition coefficient (Wildman–Crippen LogP) is 14.7. The highest BCUT2D eigenvalue weighted by atomic mass is 79.9. The number of aromatic hydroxyl groups is 1. The fourth-order valence-corrected chi connectivity index (χ4v) is 9.85. The number of esters is 2. The van der Waals surface area contributed by atoms with Crippen LogP contribution >= 0.6 is 54.9 Å². The van der Waals surface area contributed by atoms with Crippen molar-refractivity contribution in [1.82, 2.24) is 4.90 Å². The molecule has 572 valence electrons. The average molecular weight is 1620 g/mol. The minimum Gasteiger partial charge on any atom is -0.507 e. The molecule has 1 aliphatic rings. The number of methoxy groups -OCH3 is 10. The van der Waals surface area contributed by atoms with Crippen molar-refractivity contribution in [2.24, 2.45) is 5.73 Å². The number of nitrogens with zero attached hydrogens (tertiary/aromatic N) is 1. The second kappa shape index (κ2) is 44.7. The Bertz CT molecular complexity index is 4480. The Morgan fingerprint density at radius 3 is 1.31 bits per heavy atom. The van der Waals surface area contributed by atoms with Crippen LogP contribution in [-0.2, 0) is 28.4 Å². The molecule has 107 heavy (non-hydrogen) atoms. The smallest absolute Gasteiger partial charge is 0.488 e. The van der Waals surface area contributed by atoms with Crippen LogP contribution < -0.4 is 68.9 Å². The summed E-state index contributed by atoms with van der Waals surface area (Å²) >= 11 is 17.2. The molecule has 8 aromatic carbocycles. The van der Waals surface area contributed by atoms with Crippen molar-refractivity contribution in [3.05, 3.63) is 195 Å². The number of hydrogen-bond donors (Lipinski definition) is 4. The molecule has 1 unspecified atom stereocenters. The summed E-state index contributed by atoms with van der Waals surface area (Å²) in [5.74, 6) is 5.36. The number of hydrogen-bond acceptors (Lipinski definition) is 24. The minimum absolute atomic E-state index is 0.0337. The van der Waals surface area contributed by atoms with Gasteiger partial charge in [-0.25, -0.2) is 9.59 Å². The zero-order valence-electron chi connectivity index (χ0n) is 61.4. The summed E-state index contributed by atoms with van der Waals surface area (Å²) in [6.07, 6.45) is 0.542. The maximum Gasteiger partial charge on any atom is 0.488 e. The normalized spacial score (nSPS) is 11.4. The molecule has 0 saturated heterocycles. The summed E-state index contributed by atoms with van der Waals surface area (Å²) in [7, 11) is 17.7. The van der Waals surface area contributed by atoms with Crippen LogP contribution in [0.15, 0.2) is 183 Å². The Labute approximate surface area is 643 Å². The molecule has 1 atom stereocenters. The van der Waals surface area contributed by atoms with Gasteiger partial charge < -0.3 is 91.8 Å². The maximum atomic E-state index is 12.7. The highest BCUT2D eigenvalue weighted by Gasteiger charge is 2.36. The third-order valence-electron chi connectivity index (χ3n) is 14.8. The molecule has 25 nitrogen and oxygen atoms in total. The Balaban J connectivity index is 0.000000284. The van der Waals surface area contributed by atoms with E-state index in [1.807, 2.05) is 84.9 Å². The first-order chi connectivity index (χ1) is 50.8. The van der Waals surface area contributed by atoms with E-state index in [0.29, 0.717) is 63.1 Å². The number of phenols is 1. The highest BCUT2D eigenvalue weighted by molar-refractivity contribution is 9.10. The Morgan fingerprint density at radius 1 is 0.551 bits per heavy atom. The summed E-state index contributed by atoms with van der Waals surface area (Å²) in [6, 6.07) is 46.1. The van der Waals surface area contributed by atoms with E-state index in [1.165, 1.54) is 50.3 Å². The second-order valence-electron chi connectivity index (χ2n) is 22.0. The average Bonchev–Trinajstić information content (AvgIpc) is 0.767. The number of aldehydes is 1. The van der Waals surface area contributed by atoms with Crippen molar-refractivity contribution < 1.29 is 105 Å². The lowest BCUT2D eigenvalue weighted by Crippen LogP contribution is -2.29. The fourth-order valence-electron chi connectivity index (χ4n) is 9.40. The van der Waals surface area contributed by atoms with E-state index in [0.717, 1.165) is 66.2 Å². The van der Waals surface area contributed by atoms with E-state index >= 15 is 0 Å². The first kappa shape index (κ1) is 89.2. The molecule has 1 aromatic heterocycles. The number of benzene rings is 8. The predicted molar refractivity (Wildman–Crippen MR) is 417 cm³/mol. The minimum atomic E-state index is -3.22. The fraction of sp³-hybridized carbons (Fsp3) is 0.250. The third-order valence-corrected chi connectivity index (χ3v) is 15.3. The number of carbonyl (C=O) groups is 4. The zero-order chi connectivity index (χ0) is 79.7. The first-order valence-electron chi connectivity index (χ1n) is 31.9. The van der Waals surface area contributed by atoms with E-state index < -0.39 is 30.2 Å². The topological polar surface area (TPSA) is 326 Å². The molecule has 31 heteroatoms. The summed E-state index contributed by atoms with van der Waals surface area (Å²) in [5.41, 5.74) is 12.9. The molecule has 9 aromatic rings. The quantitative estimate of drug-likeness (QED) is 0.0181. The summed E-state index contributed by atoms with van der Waals surface area (Å²) < 4.78 is 83.3. The lowest BCUT2D eigenvalue weighted by molar-refractivity contribution is -0.143. The lowest BCUT2D eigenvalue weighted by Gasteiger charge is -2.28. The molecule has 5 N–H and O–H groups in total. The van der Waals surface area contributed by atoms with Crippen molar-refractivity contribution in [3.8, 4) is 102 Å². The van der Waals surface area contributed by atoms with Gasteiger partial charge in [0.25, 0.3) is 0 Å². The molecule has 0 fully saturated rings. The van der Waals surface area contributed by atoms with E-state index in [9.17, 15) is 33.6 Å². The van der Waals surface area contributed by atoms with E-state index in [-0.39, 0.29) is 53.9 Å². The van der Waals surface area contributed by atoms with Crippen LogP contribution in [0, 0.1) is 0 Å². The van der Waals surface area contributed by atoms with Crippen LogP contribution in [0.5, 0.6) is 69.0 Å². The zero-order valence-corrected chi connectivity index (χ0v) is 66.1. The van der Waals surface area contributed by atoms with Crippen molar-refractivity contribution in [2.45, 2.75) is 33.1 Å². The lowest BCUT2D eigenvalue weighted by atomic mass is 9.80. The van der Waals surface area contributed by atoms with Gasteiger partial charge in [-0.3, -0.25) is 18.9 Å². The van der Waals surface area contributed by atoms with Crippen LogP contribution in [0.1, 0.15) is 49.0 Å². The first-order valence-corrected chi connectivity index (χ1v) is 37.1. The molecule has 1 aliphatic heterocycles. The molecule has 1 amide bonds. The van der Waals surface area contributed by atoms with Gasteiger partial charge in [0, 0.05) is 78.8 Å². The summed E-state index contributed by atoms with van der Waals surface area (Å²) in [5, 5.41) is 25.0. The van der Waals surface area contributed by atoms with Gasteiger partial charge in [-0.15, -0.1) is 0 Å². The SMILES string of the molecule is CC(=O)N(C)C.CCOC(=O)CC1C(C(=O)OCC)=C(N)Oc2ccc(-c3cc(OC)cc(OC)c3)cc21.COc1cc(Br)cc(OC)c1.COc1cc(OC)cc(-c2ccc(O)c(C=O)c2)c1.COc1cc(OC)cc(-c2ccc3oc(=O)ccc3c2)c1.COc1cc(OC)cc(B(O)O)c1.O=P(Cl)(Cl)Cl. The molecule has 0 aliphatic carbocycles. The standard InChI is InChI=1S/C24H27NO7.C17H14O4.C15H14O4.C8H11BO4.C8H9BrO2.C4H9NO.Cl3OP/c1-5-30-21(26)13-19-18-11-14(15-9-16(28-3)12-17(10-15)29-4)7-8-20(18)32-23(25)22(19)24(27)31-6-2;1-19-14-8-13(9-15(10-14)20-2)11-3-5-16-12(7-11)4-6-17(18)21-16;1-18-13-6-11(7-14(8-13)19-2)10-3-4-15(17)12(5-10)9-16;1-12-7-3-6(9(10)11)4-8(5-7)13-2;1-10-7-3-6(9)4-8(5-7)11-2;1-4(6)5(2)3;1-5(2,3)4/h7-12,19H,5-6,13,25H2,1-4H3;3-10H,1-2H3;3-9,17H,1-2H3;3-5,10-11H,1-2H3;3-5H,1-2H3;1-3H3;. The highest BCUT2D eigenvalue weighted by Crippen LogP contribution is 2.61.